The van der Waals surface area contributed by atoms with E-state index in [9.17, 15) is 0 Å². The van der Waals surface area contributed by atoms with Crippen molar-refractivity contribution in [2.24, 2.45) is 0 Å². The molecule has 0 unspecified atom stereocenters. The van der Waals surface area contributed by atoms with Gasteiger partial charge in [-0.1, -0.05) is 32.9 Å². The molecule has 2 rings (SSSR count). The summed E-state index contributed by atoms with van der Waals surface area (Å²) in [6.45, 7) is 7.89. The molecule has 0 atom stereocenters. The van der Waals surface area contributed by atoms with Crippen LogP contribution < -0.4 is 5.32 Å². The number of para-hydroxylation sites is 1. The van der Waals surface area contributed by atoms with Crippen LogP contribution in [0.5, 0.6) is 0 Å². The van der Waals surface area contributed by atoms with Gasteiger partial charge in [-0.05, 0) is 17.0 Å². The number of rotatable bonds is 0. The van der Waals surface area contributed by atoms with Crippen LogP contribution in [0, 0.1) is 0 Å². The molecule has 0 spiro atoms. The lowest BCUT2D eigenvalue weighted by Gasteiger charge is -2.27. The summed E-state index contributed by atoms with van der Waals surface area (Å²) in [5.74, 6) is 1.18. The van der Waals surface area contributed by atoms with Gasteiger partial charge in [0.05, 0.1) is 5.69 Å². The Morgan fingerprint density at radius 1 is 1.29 bits per heavy atom. The van der Waals surface area contributed by atoms with E-state index in [2.05, 4.69) is 44.3 Å². The molecule has 1 aromatic carbocycles. The van der Waals surface area contributed by atoms with E-state index < -0.39 is 0 Å². The van der Waals surface area contributed by atoms with E-state index in [0.717, 1.165) is 6.54 Å². The van der Waals surface area contributed by atoms with Crippen LogP contribution >= 0.6 is 11.8 Å². The second-order valence-electron chi connectivity index (χ2n) is 4.70. The molecule has 0 aromatic heterocycles. The summed E-state index contributed by atoms with van der Waals surface area (Å²) < 4.78 is 0. The molecule has 0 aliphatic carbocycles. The molecule has 1 aliphatic rings. The van der Waals surface area contributed by atoms with Gasteiger partial charge in [-0.3, -0.25) is 0 Å². The van der Waals surface area contributed by atoms with Crippen LogP contribution in [0.1, 0.15) is 26.3 Å². The standard InChI is InChI=1S/C12H17NS/c1-12(2,3)9-5-4-6-10-11(9)13-7-8-14-10/h4-6,13H,7-8H2,1-3H3. The fraction of sp³-hybridized carbons (Fsp3) is 0.500. The Bertz CT molecular complexity index is 339. The zero-order chi connectivity index (χ0) is 10.2. The van der Waals surface area contributed by atoms with Gasteiger partial charge in [0.25, 0.3) is 0 Å². The maximum Gasteiger partial charge on any atom is 0.0516 e. The summed E-state index contributed by atoms with van der Waals surface area (Å²) in [6.07, 6.45) is 0. The number of hydrogen-bond acceptors (Lipinski definition) is 2. The molecule has 1 heterocycles. The van der Waals surface area contributed by atoms with Crippen molar-refractivity contribution in [2.75, 3.05) is 17.6 Å². The smallest absolute Gasteiger partial charge is 0.0516 e. The van der Waals surface area contributed by atoms with Gasteiger partial charge in [-0.2, -0.15) is 0 Å². The number of benzene rings is 1. The monoisotopic (exact) mass is 207 g/mol. The zero-order valence-electron chi connectivity index (χ0n) is 9.05. The largest absolute Gasteiger partial charge is 0.383 e. The molecular weight excluding hydrogens is 190 g/mol. The summed E-state index contributed by atoms with van der Waals surface area (Å²) >= 11 is 1.96. The van der Waals surface area contributed by atoms with Crippen molar-refractivity contribution in [1.82, 2.24) is 0 Å². The number of fused-ring (bicyclic) bond motifs is 1. The average Bonchev–Trinajstić information content (AvgIpc) is 2.15. The minimum absolute atomic E-state index is 0.232. The molecule has 14 heavy (non-hydrogen) atoms. The van der Waals surface area contributed by atoms with Gasteiger partial charge in [-0.15, -0.1) is 11.8 Å². The predicted octanol–water partition coefficient (Wildman–Crippen LogP) is 3.50. The van der Waals surface area contributed by atoms with Crippen LogP contribution in [0.25, 0.3) is 0 Å². The lowest BCUT2D eigenvalue weighted by Crippen LogP contribution is -2.19. The van der Waals surface area contributed by atoms with E-state index in [1.165, 1.54) is 21.9 Å². The van der Waals surface area contributed by atoms with Crippen LogP contribution in [0.4, 0.5) is 5.69 Å². The molecule has 1 N–H and O–H groups in total. The van der Waals surface area contributed by atoms with Crippen molar-refractivity contribution in [3.63, 3.8) is 0 Å². The normalized spacial score (nSPS) is 15.9. The third-order valence-electron chi connectivity index (χ3n) is 2.50. The highest BCUT2D eigenvalue weighted by atomic mass is 32.2. The Labute approximate surface area is 90.3 Å². The SMILES string of the molecule is CC(C)(C)c1cccc2c1NCCS2. The van der Waals surface area contributed by atoms with Crippen molar-refractivity contribution < 1.29 is 0 Å². The Balaban J connectivity index is 2.51. The number of thioether (sulfide) groups is 1. The van der Waals surface area contributed by atoms with Crippen molar-refractivity contribution in [1.29, 1.82) is 0 Å². The number of nitrogens with one attached hydrogen (secondary N) is 1. The van der Waals surface area contributed by atoms with Crippen LogP contribution in [0.3, 0.4) is 0 Å². The van der Waals surface area contributed by atoms with Crippen molar-refractivity contribution in [3.8, 4) is 0 Å². The fourth-order valence-electron chi connectivity index (χ4n) is 1.80. The van der Waals surface area contributed by atoms with Gasteiger partial charge < -0.3 is 5.32 Å². The first kappa shape index (κ1) is 9.91. The third kappa shape index (κ3) is 1.76. The van der Waals surface area contributed by atoms with E-state index in [1.807, 2.05) is 11.8 Å². The molecule has 0 radical (unpaired) electrons. The summed E-state index contributed by atoms with van der Waals surface area (Å²) in [7, 11) is 0. The first-order valence-corrected chi connectivity index (χ1v) is 6.08. The van der Waals surface area contributed by atoms with E-state index in [-0.39, 0.29) is 5.41 Å². The van der Waals surface area contributed by atoms with E-state index in [1.54, 1.807) is 0 Å². The first-order valence-electron chi connectivity index (χ1n) is 5.09. The molecule has 1 aromatic rings. The average molecular weight is 207 g/mol. The molecule has 1 nitrogen and oxygen atoms in total. The molecule has 76 valence electrons. The van der Waals surface area contributed by atoms with E-state index in [0.29, 0.717) is 0 Å². The van der Waals surface area contributed by atoms with Crippen LogP contribution in [-0.2, 0) is 5.41 Å². The molecule has 0 saturated carbocycles. The first-order chi connectivity index (χ1) is 6.59. The molecule has 0 fully saturated rings. The quantitative estimate of drug-likeness (QED) is 0.699. The second-order valence-corrected chi connectivity index (χ2v) is 5.84. The molecule has 0 saturated heterocycles. The summed E-state index contributed by atoms with van der Waals surface area (Å²) in [5.41, 5.74) is 3.02. The Hall–Kier alpha value is -0.630. The van der Waals surface area contributed by atoms with Crippen molar-refractivity contribution >= 4 is 17.4 Å². The van der Waals surface area contributed by atoms with Gasteiger partial charge in [0.1, 0.15) is 0 Å². The van der Waals surface area contributed by atoms with Gasteiger partial charge in [0.15, 0.2) is 0 Å². The highest BCUT2D eigenvalue weighted by Gasteiger charge is 2.21. The van der Waals surface area contributed by atoms with Gasteiger partial charge >= 0.3 is 0 Å². The molecule has 0 amide bonds. The summed E-state index contributed by atoms with van der Waals surface area (Å²) in [6, 6.07) is 6.61. The molecule has 1 aliphatic heterocycles. The Morgan fingerprint density at radius 3 is 2.79 bits per heavy atom. The minimum atomic E-state index is 0.232. The van der Waals surface area contributed by atoms with Crippen molar-refractivity contribution in [2.45, 2.75) is 31.1 Å². The van der Waals surface area contributed by atoms with Crippen molar-refractivity contribution in [3.05, 3.63) is 23.8 Å². The summed E-state index contributed by atoms with van der Waals surface area (Å²) in [4.78, 5) is 1.41. The lowest BCUT2D eigenvalue weighted by atomic mass is 9.86. The maximum atomic E-state index is 3.52. The minimum Gasteiger partial charge on any atom is -0.383 e. The third-order valence-corrected chi connectivity index (χ3v) is 3.56. The van der Waals surface area contributed by atoms with E-state index in [4.69, 9.17) is 0 Å². The van der Waals surface area contributed by atoms with Crippen LogP contribution in [-0.4, -0.2) is 12.3 Å². The predicted molar refractivity (Wildman–Crippen MR) is 64.4 cm³/mol. The fourth-order valence-corrected chi connectivity index (χ4v) is 2.72. The van der Waals surface area contributed by atoms with Gasteiger partial charge in [0, 0.05) is 17.2 Å². The molecular formula is C12H17NS. The summed E-state index contributed by atoms with van der Waals surface area (Å²) in [5, 5.41) is 3.52. The van der Waals surface area contributed by atoms with Crippen LogP contribution in [0.15, 0.2) is 23.1 Å². The van der Waals surface area contributed by atoms with Gasteiger partial charge in [-0.25, -0.2) is 0 Å². The number of hydrogen-bond donors (Lipinski definition) is 1. The molecule has 2 heteroatoms. The highest BCUT2D eigenvalue weighted by Crippen LogP contribution is 2.38. The zero-order valence-corrected chi connectivity index (χ0v) is 9.87. The van der Waals surface area contributed by atoms with E-state index >= 15 is 0 Å². The lowest BCUT2D eigenvalue weighted by molar-refractivity contribution is 0.590. The Kier molecular flexibility index (Phi) is 2.48. The maximum absolute atomic E-state index is 3.52. The van der Waals surface area contributed by atoms with Crippen LogP contribution in [0.2, 0.25) is 0 Å². The second kappa shape index (κ2) is 3.50. The number of anilines is 1. The molecule has 0 bridgehead atoms. The topological polar surface area (TPSA) is 12.0 Å². The van der Waals surface area contributed by atoms with Gasteiger partial charge in [0.2, 0.25) is 0 Å². The highest BCUT2D eigenvalue weighted by molar-refractivity contribution is 7.99. The Morgan fingerprint density at radius 2 is 2.07 bits per heavy atom.